The summed E-state index contributed by atoms with van der Waals surface area (Å²) in [7, 11) is 0. The first-order chi connectivity index (χ1) is 9.04. The Morgan fingerprint density at radius 1 is 0.632 bits per heavy atom. The van der Waals surface area contributed by atoms with E-state index in [0.29, 0.717) is 0 Å². The van der Waals surface area contributed by atoms with Crippen LogP contribution in [0.5, 0.6) is 0 Å². The molecule has 0 unspecified atom stereocenters. The van der Waals surface area contributed by atoms with Crippen molar-refractivity contribution in [2.45, 2.75) is 103 Å². The molecule has 0 aromatic carbocycles. The van der Waals surface area contributed by atoms with Crippen molar-refractivity contribution in [2.24, 2.45) is 11.8 Å². The van der Waals surface area contributed by atoms with Crippen molar-refractivity contribution in [3.63, 3.8) is 0 Å². The van der Waals surface area contributed by atoms with Crippen molar-refractivity contribution in [3.8, 4) is 0 Å². The van der Waals surface area contributed by atoms with E-state index in [4.69, 9.17) is 0 Å². The lowest BCUT2D eigenvalue weighted by molar-refractivity contribution is 0.585. The number of unbranched alkanes of at least 4 members (excludes halogenated alkanes) is 7. The third kappa shape index (κ3) is 27.7. The molecule has 0 aromatic rings. The second kappa shape index (κ2) is 18.5. The van der Waals surface area contributed by atoms with Crippen LogP contribution >= 0.6 is 0 Å². The second-order valence-electron chi connectivity index (χ2n) is 6.67. The van der Waals surface area contributed by atoms with Crippen molar-refractivity contribution < 1.29 is 1.43 Å². The van der Waals surface area contributed by atoms with Gasteiger partial charge >= 0.3 is 0 Å². The van der Waals surface area contributed by atoms with Crippen LogP contribution in [-0.2, 0) is 0 Å². The zero-order valence-corrected chi connectivity index (χ0v) is 16.0. The molecule has 0 saturated carbocycles. The van der Waals surface area contributed by atoms with E-state index < -0.39 is 0 Å². The fourth-order valence-corrected chi connectivity index (χ4v) is 3.50. The molecule has 117 valence electrons. The molecule has 0 bridgehead atoms. The van der Waals surface area contributed by atoms with Gasteiger partial charge in [-0.15, -0.1) is 10.6 Å². The van der Waals surface area contributed by atoms with E-state index in [2.05, 4.69) is 41.5 Å². The van der Waals surface area contributed by atoms with E-state index in [9.17, 15) is 0 Å². The van der Waals surface area contributed by atoms with E-state index in [0.717, 1.165) is 27.1 Å². The summed E-state index contributed by atoms with van der Waals surface area (Å²) in [5, 5.41) is 2.97. The summed E-state index contributed by atoms with van der Waals surface area (Å²) in [5.74, 6) is 1.86. The van der Waals surface area contributed by atoms with Crippen LogP contribution in [0.15, 0.2) is 0 Å². The molecule has 0 amide bonds. The molecule has 0 aliphatic rings. The molecular formula is C18H42Al. The zero-order chi connectivity index (χ0) is 14.9. The summed E-state index contributed by atoms with van der Waals surface area (Å²) in [6.07, 6.45) is 11.5. The average molecular weight is 286 g/mol. The molecule has 1 heteroatoms. The van der Waals surface area contributed by atoms with E-state index in [1.165, 1.54) is 61.9 Å². The third-order valence-electron chi connectivity index (χ3n) is 3.23. The van der Waals surface area contributed by atoms with Gasteiger partial charge in [-0.2, -0.15) is 0 Å². The van der Waals surface area contributed by atoms with Gasteiger partial charge in [-0.25, -0.2) is 0 Å². The summed E-state index contributed by atoms with van der Waals surface area (Å²) in [6, 6.07) is 0. The molecule has 0 nitrogen and oxygen atoms in total. The molecular weight excluding hydrogens is 243 g/mol. The third-order valence-corrected chi connectivity index (χ3v) is 5.79. The minimum atomic E-state index is 0. The molecule has 1 radical (unpaired) electrons. The van der Waals surface area contributed by atoms with Crippen LogP contribution in [-0.4, -0.2) is 15.2 Å². The van der Waals surface area contributed by atoms with Crippen LogP contribution in [0, 0.1) is 11.8 Å². The van der Waals surface area contributed by atoms with E-state index in [1.807, 2.05) is 0 Å². The monoisotopic (exact) mass is 285 g/mol. The maximum atomic E-state index is 2.31. The van der Waals surface area contributed by atoms with Gasteiger partial charge in [0, 0.05) is 1.43 Å². The minimum absolute atomic E-state index is 0. The average Bonchev–Trinajstić information content (AvgIpc) is 2.33. The number of hydrogen-bond donors (Lipinski definition) is 0. The normalized spacial score (nSPS) is 10.5. The predicted octanol–water partition coefficient (Wildman–Crippen LogP) is 7.23. The quantitative estimate of drug-likeness (QED) is 0.277. The van der Waals surface area contributed by atoms with Crippen molar-refractivity contribution in [1.29, 1.82) is 0 Å². The van der Waals surface area contributed by atoms with Crippen molar-refractivity contribution in [1.82, 2.24) is 0 Å². The SMILES string of the molecule is CC(C)[CH2][Al][CH2]C(C)C.CCCCCCCCCC.[HH]. The summed E-state index contributed by atoms with van der Waals surface area (Å²) in [5.41, 5.74) is 0. The van der Waals surface area contributed by atoms with Gasteiger partial charge in [0.25, 0.3) is 0 Å². The van der Waals surface area contributed by atoms with Crippen LogP contribution in [0.2, 0.25) is 10.6 Å². The first-order valence-corrected chi connectivity index (χ1v) is 10.5. The molecule has 0 aliphatic heterocycles. The van der Waals surface area contributed by atoms with E-state index in [1.54, 1.807) is 0 Å². The highest BCUT2D eigenvalue weighted by molar-refractivity contribution is 6.35. The Balaban J connectivity index is -0.000000277. The highest BCUT2D eigenvalue weighted by Gasteiger charge is 1.98. The Morgan fingerprint density at radius 2 is 0.947 bits per heavy atom. The summed E-state index contributed by atoms with van der Waals surface area (Å²) in [4.78, 5) is 0. The lowest BCUT2D eigenvalue weighted by Gasteiger charge is -2.03. The van der Waals surface area contributed by atoms with Crippen LogP contribution < -0.4 is 0 Å². The molecule has 0 spiro atoms. The Morgan fingerprint density at radius 3 is 1.21 bits per heavy atom. The molecule has 0 saturated heterocycles. The fourth-order valence-electron chi connectivity index (χ4n) is 1.97. The molecule has 0 N–H and O–H groups in total. The highest BCUT2D eigenvalue weighted by atomic mass is 27.1. The van der Waals surface area contributed by atoms with Crippen LogP contribution in [0.25, 0.3) is 0 Å². The topological polar surface area (TPSA) is 0 Å². The molecule has 0 fully saturated rings. The van der Waals surface area contributed by atoms with Gasteiger partial charge in [-0.1, -0.05) is 105 Å². The highest BCUT2D eigenvalue weighted by Crippen LogP contribution is 2.07. The minimum Gasteiger partial charge on any atom is -0.102 e. The summed E-state index contributed by atoms with van der Waals surface area (Å²) in [6.45, 7) is 13.8. The standard InChI is InChI=1S/C10H22.2C4H9.Al.H2/c1-3-5-7-9-10-8-6-4-2;2*1-4(2)3;;/h3-10H2,1-2H3;2*4H,1H2,2-3H3;;1H. The lowest BCUT2D eigenvalue weighted by Crippen LogP contribution is -1.99. The van der Waals surface area contributed by atoms with Gasteiger partial charge in [0.05, 0.1) is 0 Å². The van der Waals surface area contributed by atoms with Gasteiger partial charge in [0.15, 0.2) is 0 Å². The molecule has 0 aromatic heterocycles. The molecule has 19 heavy (non-hydrogen) atoms. The maximum absolute atomic E-state index is 2.31. The van der Waals surface area contributed by atoms with Gasteiger partial charge in [0.1, 0.15) is 0 Å². The fraction of sp³-hybridized carbons (Fsp3) is 1.00. The second-order valence-corrected chi connectivity index (χ2v) is 8.19. The molecule has 0 heterocycles. The van der Waals surface area contributed by atoms with Gasteiger partial charge < -0.3 is 0 Å². The van der Waals surface area contributed by atoms with Crippen LogP contribution in [0.3, 0.4) is 0 Å². The first kappa shape index (κ1) is 21.8. The summed E-state index contributed by atoms with van der Waals surface area (Å²) < 4.78 is 0. The molecule has 0 atom stereocenters. The smallest absolute Gasteiger partial charge is 0.102 e. The predicted molar refractivity (Wildman–Crippen MR) is 95.4 cm³/mol. The van der Waals surface area contributed by atoms with Gasteiger partial charge in [-0.3, -0.25) is 0 Å². The Hall–Kier alpha value is 0.532. The van der Waals surface area contributed by atoms with Gasteiger partial charge in [-0.05, 0) is 0 Å². The van der Waals surface area contributed by atoms with Gasteiger partial charge in [0.2, 0.25) is 15.2 Å². The van der Waals surface area contributed by atoms with Crippen LogP contribution in [0.4, 0.5) is 0 Å². The maximum Gasteiger partial charge on any atom is 0.200 e. The zero-order valence-electron chi connectivity index (χ0n) is 14.8. The lowest BCUT2D eigenvalue weighted by atomic mass is 10.1. The Kier molecular flexibility index (Phi) is 21.3. The van der Waals surface area contributed by atoms with Crippen molar-refractivity contribution in [3.05, 3.63) is 0 Å². The van der Waals surface area contributed by atoms with Crippen LogP contribution in [0.1, 0.15) is 94.3 Å². The molecule has 0 aliphatic carbocycles. The molecule has 0 rings (SSSR count). The number of rotatable bonds is 11. The van der Waals surface area contributed by atoms with Crippen molar-refractivity contribution in [2.75, 3.05) is 0 Å². The largest absolute Gasteiger partial charge is 0.200 e. The summed E-state index contributed by atoms with van der Waals surface area (Å²) >= 11 is 0.755. The Labute approximate surface area is 132 Å². The Bertz CT molecular complexity index is 130. The van der Waals surface area contributed by atoms with Crippen molar-refractivity contribution >= 4 is 15.2 Å². The first-order valence-electron chi connectivity index (χ1n) is 8.86. The number of hydrogen-bond acceptors (Lipinski definition) is 0. The van der Waals surface area contributed by atoms with E-state index >= 15 is 0 Å². The van der Waals surface area contributed by atoms with E-state index in [-0.39, 0.29) is 1.43 Å².